The molecular weight excluding hydrogens is 319 g/mol. The van der Waals surface area contributed by atoms with E-state index in [4.69, 9.17) is 11.6 Å². The number of hydrogen-bond donors (Lipinski definition) is 1. The van der Waals surface area contributed by atoms with Gasteiger partial charge in [-0.3, -0.25) is 4.68 Å². The van der Waals surface area contributed by atoms with Gasteiger partial charge in [0.15, 0.2) is 0 Å². The summed E-state index contributed by atoms with van der Waals surface area (Å²) in [4.78, 5) is 14.0. The van der Waals surface area contributed by atoms with Crippen LogP contribution in [0.1, 0.15) is 23.5 Å². The highest BCUT2D eigenvalue weighted by Crippen LogP contribution is 2.26. The Hall–Kier alpha value is -2.08. The zero-order valence-corrected chi connectivity index (χ0v) is 13.6. The van der Waals surface area contributed by atoms with Crippen molar-refractivity contribution in [3.05, 3.63) is 52.6 Å². The minimum Gasteiger partial charge on any atom is -0.334 e. The summed E-state index contributed by atoms with van der Waals surface area (Å²) in [6.45, 7) is 1.49. The fraction of sp³-hybridized carbons (Fsp3) is 0.375. The second-order valence-electron chi connectivity index (χ2n) is 5.77. The van der Waals surface area contributed by atoms with Gasteiger partial charge < -0.3 is 10.2 Å². The predicted octanol–water partition coefficient (Wildman–Crippen LogP) is 2.91. The molecule has 0 bridgehead atoms. The van der Waals surface area contributed by atoms with Crippen LogP contribution in [0.2, 0.25) is 5.02 Å². The number of halogens is 2. The van der Waals surface area contributed by atoms with E-state index in [0.29, 0.717) is 29.6 Å². The second kappa shape index (κ2) is 6.58. The lowest BCUT2D eigenvalue weighted by Crippen LogP contribution is -2.38. The Kier molecular flexibility index (Phi) is 4.52. The Morgan fingerprint density at radius 1 is 1.52 bits per heavy atom. The molecule has 0 aliphatic carbocycles. The van der Waals surface area contributed by atoms with Crippen molar-refractivity contribution in [3.8, 4) is 0 Å². The maximum Gasteiger partial charge on any atom is 0.317 e. The van der Waals surface area contributed by atoms with Gasteiger partial charge in [-0.25, -0.2) is 9.18 Å². The molecule has 0 saturated carbocycles. The molecule has 1 aliphatic heterocycles. The van der Waals surface area contributed by atoms with Crippen LogP contribution in [0.3, 0.4) is 0 Å². The number of nitrogens with one attached hydrogen (secondary N) is 1. The third-order valence-electron chi connectivity index (χ3n) is 4.12. The van der Waals surface area contributed by atoms with Gasteiger partial charge in [0.2, 0.25) is 0 Å². The summed E-state index contributed by atoms with van der Waals surface area (Å²) in [5.41, 5.74) is 1.57. The number of nitrogens with zero attached hydrogens (tertiary/aromatic N) is 3. The number of amides is 2. The molecule has 122 valence electrons. The number of benzene rings is 1. The third kappa shape index (κ3) is 3.64. The number of hydrogen-bond acceptors (Lipinski definition) is 2. The van der Waals surface area contributed by atoms with E-state index in [9.17, 15) is 9.18 Å². The minimum absolute atomic E-state index is 0.149. The molecule has 1 aliphatic rings. The number of aromatic nitrogens is 2. The third-order valence-corrected chi connectivity index (χ3v) is 4.35. The Morgan fingerprint density at radius 2 is 2.35 bits per heavy atom. The molecule has 2 amide bonds. The number of urea groups is 1. The number of aryl methyl sites for hydroxylation is 1. The normalized spacial score (nSPS) is 17.5. The largest absolute Gasteiger partial charge is 0.334 e. The molecule has 1 unspecified atom stereocenters. The highest BCUT2D eigenvalue weighted by molar-refractivity contribution is 6.30. The Bertz CT molecular complexity index is 718. The van der Waals surface area contributed by atoms with Crippen molar-refractivity contribution in [2.75, 3.05) is 13.1 Å². The van der Waals surface area contributed by atoms with Crippen molar-refractivity contribution >= 4 is 17.6 Å². The minimum atomic E-state index is -0.410. The van der Waals surface area contributed by atoms with E-state index < -0.39 is 5.82 Å². The first kappa shape index (κ1) is 15.8. The fourth-order valence-electron chi connectivity index (χ4n) is 2.82. The summed E-state index contributed by atoms with van der Waals surface area (Å²) in [5.74, 6) is -0.103. The number of likely N-dealkylation sites (tertiary alicyclic amines) is 1. The maximum atomic E-state index is 13.7. The van der Waals surface area contributed by atoms with E-state index in [1.807, 2.05) is 19.4 Å². The van der Waals surface area contributed by atoms with Crippen LogP contribution in [0.4, 0.5) is 9.18 Å². The van der Waals surface area contributed by atoms with Gasteiger partial charge in [0.25, 0.3) is 0 Å². The lowest BCUT2D eigenvalue weighted by Gasteiger charge is -2.17. The summed E-state index contributed by atoms with van der Waals surface area (Å²) in [6, 6.07) is 4.27. The number of rotatable bonds is 3. The second-order valence-corrected chi connectivity index (χ2v) is 6.21. The van der Waals surface area contributed by atoms with E-state index >= 15 is 0 Å². The molecule has 1 aromatic carbocycles. The average molecular weight is 337 g/mol. The zero-order chi connectivity index (χ0) is 16.4. The van der Waals surface area contributed by atoms with Crippen LogP contribution in [0.15, 0.2) is 30.6 Å². The van der Waals surface area contributed by atoms with Gasteiger partial charge in [0, 0.05) is 49.4 Å². The Morgan fingerprint density at radius 3 is 3.04 bits per heavy atom. The molecule has 1 atom stereocenters. The molecule has 1 N–H and O–H groups in total. The molecule has 1 saturated heterocycles. The van der Waals surface area contributed by atoms with Gasteiger partial charge in [-0.05, 0) is 24.1 Å². The first-order valence-corrected chi connectivity index (χ1v) is 7.86. The Balaban J connectivity index is 1.55. The van der Waals surface area contributed by atoms with Crippen LogP contribution in [0, 0.1) is 5.82 Å². The SMILES string of the molecule is Cn1cc(C2CCN(C(=O)NCc3ccc(Cl)cc3F)C2)cn1. The monoisotopic (exact) mass is 336 g/mol. The summed E-state index contributed by atoms with van der Waals surface area (Å²) >= 11 is 5.72. The van der Waals surface area contributed by atoms with Gasteiger partial charge in [0.1, 0.15) is 5.82 Å². The van der Waals surface area contributed by atoms with E-state index in [1.165, 1.54) is 6.07 Å². The fourth-order valence-corrected chi connectivity index (χ4v) is 2.97. The molecule has 1 aromatic heterocycles. The molecule has 23 heavy (non-hydrogen) atoms. The summed E-state index contributed by atoms with van der Waals surface area (Å²) in [5, 5.41) is 7.27. The van der Waals surface area contributed by atoms with Crippen molar-refractivity contribution in [2.45, 2.75) is 18.9 Å². The zero-order valence-electron chi connectivity index (χ0n) is 12.8. The van der Waals surface area contributed by atoms with Gasteiger partial charge in [0.05, 0.1) is 6.20 Å². The van der Waals surface area contributed by atoms with E-state index in [-0.39, 0.29) is 12.6 Å². The topological polar surface area (TPSA) is 50.2 Å². The van der Waals surface area contributed by atoms with Crippen LogP contribution in [0.5, 0.6) is 0 Å². The van der Waals surface area contributed by atoms with Gasteiger partial charge in [-0.15, -0.1) is 0 Å². The molecule has 5 nitrogen and oxygen atoms in total. The molecular formula is C16H18ClFN4O. The van der Waals surface area contributed by atoms with Gasteiger partial charge in [-0.2, -0.15) is 5.10 Å². The summed E-state index contributed by atoms with van der Waals surface area (Å²) < 4.78 is 15.5. The molecule has 0 radical (unpaired) electrons. The van der Waals surface area contributed by atoms with Crippen LogP contribution in [-0.4, -0.2) is 33.8 Å². The molecule has 7 heteroatoms. The van der Waals surface area contributed by atoms with Crippen molar-refractivity contribution < 1.29 is 9.18 Å². The summed E-state index contributed by atoms with van der Waals surface area (Å²) in [6.07, 6.45) is 4.73. The first-order chi connectivity index (χ1) is 11.0. The number of carbonyl (C=O) groups excluding carboxylic acids is 1. The van der Waals surface area contributed by atoms with Gasteiger partial charge >= 0.3 is 6.03 Å². The molecule has 3 rings (SSSR count). The van der Waals surface area contributed by atoms with E-state index in [2.05, 4.69) is 10.4 Å². The predicted molar refractivity (Wildman–Crippen MR) is 85.8 cm³/mol. The smallest absolute Gasteiger partial charge is 0.317 e. The average Bonchev–Trinajstić information content (AvgIpc) is 3.14. The van der Waals surface area contributed by atoms with Crippen LogP contribution in [0.25, 0.3) is 0 Å². The lowest BCUT2D eigenvalue weighted by atomic mass is 10.0. The lowest BCUT2D eigenvalue weighted by molar-refractivity contribution is 0.207. The highest BCUT2D eigenvalue weighted by atomic mass is 35.5. The number of carbonyl (C=O) groups is 1. The molecule has 2 aromatic rings. The quantitative estimate of drug-likeness (QED) is 0.937. The van der Waals surface area contributed by atoms with Gasteiger partial charge in [-0.1, -0.05) is 17.7 Å². The van der Waals surface area contributed by atoms with E-state index in [1.54, 1.807) is 21.7 Å². The maximum absolute atomic E-state index is 13.7. The van der Waals surface area contributed by atoms with Crippen molar-refractivity contribution in [1.82, 2.24) is 20.0 Å². The van der Waals surface area contributed by atoms with Crippen LogP contribution >= 0.6 is 11.6 Å². The van der Waals surface area contributed by atoms with Crippen molar-refractivity contribution in [3.63, 3.8) is 0 Å². The molecule has 2 heterocycles. The first-order valence-electron chi connectivity index (χ1n) is 7.48. The Labute approximate surface area is 139 Å². The van der Waals surface area contributed by atoms with Crippen LogP contribution < -0.4 is 5.32 Å². The molecule has 1 fully saturated rings. The molecule has 0 spiro atoms. The summed E-state index contributed by atoms with van der Waals surface area (Å²) in [7, 11) is 1.88. The highest BCUT2D eigenvalue weighted by Gasteiger charge is 2.28. The standard InChI is InChI=1S/C16H18ClFN4O/c1-21-9-13(8-20-21)12-4-5-22(10-12)16(23)19-7-11-2-3-14(17)6-15(11)18/h2-3,6,8-9,12H,4-5,7,10H2,1H3,(H,19,23). The van der Waals surface area contributed by atoms with Crippen LogP contribution in [-0.2, 0) is 13.6 Å². The van der Waals surface area contributed by atoms with Crippen molar-refractivity contribution in [1.29, 1.82) is 0 Å². The van der Waals surface area contributed by atoms with E-state index in [0.717, 1.165) is 12.0 Å². The van der Waals surface area contributed by atoms with Crippen molar-refractivity contribution in [2.24, 2.45) is 7.05 Å².